The van der Waals surface area contributed by atoms with Crippen molar-refractivity contribution >= 4 is 27.5 Å². The molecule has 0 bridgehead atoms. The van der Waals surface area contributed by atoms with Crippen molar-refractivity contribution in [2.45, 2.75) is 26.2 Å². The van der Waals surface area contributed by atoms with E-state index in [1.807, 2.05) is 53.1 Å². The van der Waals surface area contributed by atoms with Crippen molar-refractivity contribution in [1.29, 1.82) is 0 Å². The summed E-state index contributed by atoms with van der Waals surface area (Å²) in [5.41, 5.74) is 2.39. The molecule has 3 heterocycles. The number of hydrogen-bond donors (Lipinski definition) is 0. The van der Waals surface area contributed by atoms with Gasteiger partial charge in [-0.05, 0) is 23.6 Å². The van der Waals surface area contributed by atoms with Gasteiger partial charge in [-0.3, -0.25) is 9.20 Å². The van der Waals surface area contributed by atoms with E-state index in [1.54, 1.807) is 0 Å². The van der Waals surface area contributed by atoms with Crippen LogP contribution in [0.4, 0.5) is 0 Å². The molecule has 3 aromatic heterocycles. The third-order valence-corrected chi connectivity index (χ3v) is 4.14. The predicted octanol–water partition coefficient (Wildman–Crippen LogP) is 3.69. The van der Waals surface area contributed by atoms with Gasteiger partial charge in [-0.25, -0.2) is 4.98 Å². The van der Waals surface area contributed by atoms with E-state index in [-0.39, 0.29) is 11.0 Å². The van der Waals surface area contributed by atoms with Crippen molar-refractivity contribution in [3.05, 3.63) is 64.7 Å². The van der Waals surface area contributed by atoms with Crippen molar-refractivity contribution in [2.24, 2.45) is 0 Å². The maximum Gasteiger partial charge on any atom is 0.299 e. The first kappa shape index (κ1) is 13.9. The van der Waals surface area contributed by atoms with E-state index in [2.05, 4.69) is 30.7 Å². The van der Waals surface area contributed by atoms with E-state index < -0.39 is 0 Å². The van der Waals surface area contributed by atoms with Gasteiger partial charge in [0.2, 0.25) is 0 Å². The number of pyridine rings is 2. The highest BCUT2D eigenvalue weighted by Crippen LogP contribution is 2.24. The van der Waals surface area contributed by atoms with E-state index in [1.165, 1.54) is 0 Å². The normalized spacial score (nSPS) is 12.3. The Bertz CT molecular complexity index is 1120. The van der Waals surface area contributed by atoms with Gasteiger partial charge in [0.25, 0.3) is 5.56 Å². The molecule has 0 amide bonds. The number of rotatable bonds is 0. The van der Waals surface area contributed by atoms with Gasteiger partial charge in [0, 0.05) is 22.7 Å². The van der Waals surface area contributed by atoms with E-state index >= 15 is 0 Å². The number of benzene rings is 1. The summed E-state index contributed by atoms with van der Waals surface area (Å²) in [5.74, 6) is 0. The summed E-state index contributed by atoms with van der Waals surface area (Å²) in [6.45, 7) is 6.25. The summed E-state index contributed by atoms with van der Waals surface area (Å²) in [7, 11) is 0. The molecule has 4 heteroatoms. The number of fused-ring (bicyclic) bond motifs is 5. The van der Waals surface area contributed by atoms with Crippen LogP contribution < -0.4 is 5.56 Å². The van der Waals surface area contributed by atoms with Gasteiger partial charge in [-0.1, -0.05) is 45.0 Å². The molecule has 0 aliphatic heterocycles. The molecule has 23 heavy (non-hydrogen) atoms. The van der Waals surface area contributed by atoms with Crippen molar-refractivity contribution in [3.63, 3.8) is 0 Å². The lowest BCUT2D eigenvalue weighted by Gasteiger charge is -2.18. The zero-order valence-corrected chi connectivity index (χ0v) is 13.4. The number of nitrogens with zero attached hydrogens (tertiary/aromatic N) is 3. The first-order valence-corrected chi connectivity index (χ1v) is 7.66. The summed E-state index contributed by atoms with van der Waals surface area (Å²) >= 11 is 0. The highest BCUT2D eigenvalue weighted by Gasteiger charge is 2.17. The smallest absolute Gasteiger partial charge is 0.299 e. The second-order valence-electron chi connectivity index (χ2n) is 6.83. The van der Waals surface area contributed by atoms with Crippen molar-refractivity contribution in [2.75, 3.05) is 0 Å². The minimum atomic E-state index is -0.276. The summed E-state index contributed by atoms with van der Waals surface area (Å²) in [5, 5.41) is 2.03. The maximum atomic E-state index is 12.5. The minimum Gasteiger partial charge on any atom is -0.299 e. The van der Waals surface area contributed by atoms with Crippen LogP contribution >= 0.6 is 0 Å². The van der Waals surface area contributed by atoms with Gasteiger partial charge in [-0.2, -0.15) is 4.98 Å². The lowest BCUT2D eigenvalue weighted by Crippen LogP contribution is -2.18. The van der Waals surface area contributed by atoms with Gasteiger partial charge in [-0.15, -0.1) is 0 Å². The molecule has 0 spiro atoms. The van der Waals surface area contributed by atoms with Crippen LogP contribution in [0.1, 0.15) is 26.5 Å². The summed E-state index contributed by atoms with van der Waals surface area (Å²) in [6.07, 6.45) is 1.95. The maximum absolute atomic E-state index is 12.5. The monoisotopic (exact) mass is 303 g/mol. The molecular weight excluding hydrogens is 286 g/mol. The van der Waals surface area contributed by atoms with Gasteiger partial charge < -0.3 is 0 Å². The fourth-order valence-corrected chi connectivity index (χ4v) is 2.88. The van der Waals surface area contributed by atoms with Crippen LogP contribution in [0.3, 0.4) is 0 Å². The molecular formula is C19H17N3O. The van der Waals surface area contributed by atoms with Crippen LogP contribution in [-0.2, 0) is 5.41 Å². The summed E-state index contributed by atoms with van der Waals surface area (Å²) in [4.78, 5) is 21.4. The molecule has 0 aliphatic rings. The Kier molecular flexibility index (Phi) is 2.79. The Hall–Kier alpha value is -2.75. The molecule has 0 aliphatic carbocycles. The second-order valence-corrected chi connectivity index (χ2v) is 6.83. The van der Waals surface area contributed by atoms with Gasteiger partial charge in [0.1, 0.15) is 5.65 Å². The molecule has 0 unspecified atom stereocenters. The summed E-state index contributed by atoms with van der Waals surface area (Å²) in [6, 6.07) is 13.9. The largest absolute Gasteiger partial charge is 0.299 e. The van der Waals surface area contributed by atoms with E-state index in [0.29, 0.717) is 11.2 Å². The summed E-state index contributed by atoms with van der Waals surface area (Å²) < 4.78 is 1.94. The zero-order chi connectivity index (χ0) is 16.2. The van der Waals surface area contributed by atoms with Crippen molar-refractivity contribution in [1.82, 2.24) is 14.4 Å². The Labute approximate surface area is 133 Å². The zero-order valence-electron chi connectivity index (χ0n) is 13.4. The molecule has 0 radical (unpaired) electrons. The molecule has 0 saturated heterocycles. The molecule has 0 saturated carbocycles. The lowest BCUT2D eigenvalue weighted by atomic mass is 9.91. The van der Waals surface area contributed by atoms with Crippen LogP contribution in [0, 0.1) is 0 Å². The predicted molar refractivity (Wildman–Crippen MR) is 93.0 cm³/mol. The highest BCUT2D eigenvalue weighted by molar-refractivity contribution is 5.95. The SMILES string of the molecule is CC(C)(C)c1ccc2c(n1)c(=O)nc1c3ccccc3ccn21. The molecule has 4 nitrogen and oxygen atoms in total. The molecule has 1 aromatic carbocycles. The minimum absolute atomic E-state index is 0.108. The Morgan fingerprint density at radius 2 is 1.74 bits per heavy atom. The Balaban J connectivity index is 2.18. The van der Waals surface area contributed by atoms with Crippen LogP contribution in [-0.4, -0.2) is 14.4 Å². The van der Waals surface area contributed by atoms with Crippen LogP contribution in [0.2, 0.25) is 0 Å². The third kappa shape index (κ3) is 2.10. The topological polar surface area (TPSA) is 47.3 Å². The molecule has 0 fully saturated rings. The van der Waals surface area contributed by atoms with Gasteiger partial charge in [0.15, 0.2) is 5.52 Å². The molecule has 0 N–H and O–H groups in total. The Morgan fingerprint density at radius 1 is 0.957 bits per heavy atom. The second kappa shape index (κ2) is 4.62. The van der Waals surface area contributed by atoms with Crippen molar-refractivity contribution in [3.8, 4) is 0 Å². The standard InChI is InChI=1S/C19H17N3O/c1-19(2,3)15-9-8-14-16(20-15)18(23)21-17-13-7-5-4-6-12(13)10-11-22(14)17/h4-11H,1-3H3. The van der Waals surface area contributed by atoms with Crippen LogP contribution in [0.15, 0.2) is 53.5 Å². The van der Waals surface area contributed by atoms with Gasteiger partial charge in [0.05, 0.1) is 5.52 Å². The fourth-order valence-electron chi connectivity index (χ4n) is 2.88. The van der Waals surface area contributed by atoms with Crippen LogP contribution in [0.25, 0.3) is 27.5 Å². The van der Waals surface area contributed by atoms with E-state index in [0.717, 1.165) is 22.0 Å². The average Bonchev–Trinajstić information content (AvgIpc) is 2.54. The van der Waals surface area contributed by atoms with Gasteiger partial charge >= 0.3 is 0 Å². The third-order valence-electron chi connectivity index (χ3n) is 4.14. The van der Waals surface area contributed by atoms with Crippen molar-refractivity contribution < 1.29 is 0 Å². The fraction of sp³-hybridized carbons (Fsp3) is 0.211. The number of aromatic nitrogens is 3. The average molecular weight is 303 g/mol. The Morgan fingerprint density at radius 3 is 2.52 bits per heavy atom. The first-order chi connectivity index (χ1) is 10.9. The number of hydrogen-bond acceptors (Lipinski definition) is 3. The quantitative estimate of drug-likeness (QED) is 0.465. The van der Waals surface area contributed by atoms with E-state index in [9.17, 15) is 4.79 Å². The first-order valence-electron chi connectivity index (χ1n) is 7.66. The molecule has 0 atom stereocenters. The highest BCUT2D eigenvalue weighted by atomic mass is 16.1. The molecule has 4 rings (SSSR count). The van der Waals surface area contributed by atoms with Crippen LogP contribution in [0.5, 0.6) is 0 Å². The molecule has 4 aromatic rings. The molecule has 114 valence electrons. The lowest BCUT2D eigenvalue weighted by molar-refractivity contribution is 0.571. The van der Waals surface area contributed by atoms with E-state index in [4.69, 9.17) is 0 Å².